The minimum Gasteiger partial charge on any atom is -0.367 e. The van der Waals surface area contributed by atoms with Gasteiger partial charge in [-0.1, -0.05) is 0 Å². The lowest BCUT2D eigenvalue weighted by molar-refractivity contribution is -0.0299. The van der Waals surface area contributed by atoms with Gasteiger partial charge >= 0.3 is 0 Å². The molecule has 2 unspecified atom stereocenters. The van der Waals surface area contributed by atoms with E-state index in [1.165, 1.54) is 6.42 Å². The van der Waals surface area contributed by atoms with Crippen molar-refractivity contribution in [2.24, 2.45) is 5.73 Å². The first-order valence-corrected chi connectivity index (χ1v) is 4.00. The van der Waals surface area contributed by atoms with E-state index in [4.69, 9.17) is 10.5 Å². The van der Waals surface area contributed by atoms with Crippen molar-refractivity contribution in [3.05, 3.63) is 0 Å². The van der Waals surface area contributed by atoms with Gasteiger partial charge in [-0.15, -0.1) is 0 Å². The standard InChI is InChI=1S/C8H15NO/c1-7-3-4-8(2,10-7)6(9)5-7/h6H,3-5,9H2,1-2H3/t6-,7?,8?/m1/s1. The van der Waals surface area contributed by atoms with Crippen LogP contribution in [0.1, 0.15) is 33.1 Å². The molecule has 0 amide bonds. The molecule has 0 aromatic carbocycles. The van der Waals surface area contributed by atoms with E-state index >= 15 is 0 Å². The van der Waals surface area contributed by atoms with E-state index < -0.39 is 0 Å². The fourth-order valence-corrected chi connectivity index (χ4v) is 2.26. The van der Waals surface area contributed by atoms with Gasteiger partial charge in [-0.2, -0.15) is 0 Å². The number of hydrogen-bond donors (Lipinski definition) is 1. The van der Waals surface area contributed by atoms with Crippen molar-refractivity contribution in [3.63, 3.8) is 0 Å². The van der Waals surface area contributed by atoms with E-state index in [0.717, 1.165) is 12.8 Å². The van der Waals surface area contributed by atoms with Gasteiger partial charge in [0.15, 0.2) is 0 Å². The van der Waals surface area contributed by atoms with Crippen LogP contribution in [0, 0.1) is 0 Å². The first-order chi connectivity index (χ1) is 4.54. The molecule has 58 valence electrons. The maximum Gasteiger partial charge on any atom is 0.0814 e. The maximum absolute atomic E-state index is 5.91. The molecular weight excluding hydrogens is 126 g/mol. The molecule has 3 atom stereocenters. The SMILES string of the molecule is CC12CCC(C)(O1)[C@H](N)C2. The lowest BCUT2D eigenvalue weighted by Crippen LogP contribution is -2.42. The number of ether oxygens (including phenoxy) is 1. The summed E-state index contributed by atoms with van der Waals surface area (Å²) in [7, 11) is 0. The lowest BCUT2D eigenvalue weighted by atomic mass is 9.81. The molecule has 10 heavy (non-hydrogen) atoms. The second-order valence-corrected chi connectivity index (χ2v) is 4.18. The van der Waals surface area contributed by atoms with Crippen molar-refractivity contribution >= 4 is 0 Å². The molecule has 2 fully saturated rings. The topological polar surface area (TPSA) is 35.2 Å². The van der Waals surface area contributed by atoms with Gasteiger partial charge in [-0.05, 0) is 33.1 Å². The largest absolute Gasteiger partial charge is 0.367 e. The molecule has 2 rings (SSSR count). The summed E-state index contributed by atoms with van der Waals surface area (Å²) in [6.45, 7) is 4.31. The highest BCUT2D eigenvalue weighted by Crippen LogP contribution is 2.49. The van der Waals surface area contributed by atoms with Crippen LogP contribution in [0.15, 0.2) is 0 Å². The van der Waals surface area contributed by atoms with Crippen LogP contribution in [0.25, 0.3) is 0 Å². The molecule has 2 bridgehead atoms. The van der Waals surface area contributed by atoms with Gasteiger partial charge in [0.25, 0.3) is 0 Å². The fraction of sp³-hybridized carbons (Fsp3) is 1.00. The molecule has 2 aliphatic heterocycles. The van der Waals surface area contributed by atoms with E-state index in [9.17, 15) is 0 Å². The molecule has 0 spiro atoms. The summed E-state index contributed by atoms with van der Waals surface area (Å²) >= 11 is 0. The van der Waals surface area contributed by atoms with Gasteiger partial charge in [0.2, 0.25) is 0 Å². The van der Waals surface area contributed by atoms with Gasteiger partial charge in [-0.25, -0.2) is 0 Å². The average molecular weight is 141 g/mol. The van der Waals surface area contributed by atoms with Crippen molar-refractivity contribution in [3.8, 4) is 0 Å². The number of hydrogen-bond acceptors (Lipinski definition) is 2. The third-order valence-corrected chi connectivity index (χ3v) is 3.07. The molecule has 0 radical (unpaired) electrons. The van der Waals surface area contributed by atoms with E-state index in [0.29, 0.717) is 0 Å². The Balaban J connectivity index is 2.28. The van der Waals surface area contributed by atoms with Crippen molar-refractivity contribution in [1.82, 2.24) is 0 Å². The number of nitrogens with two attached hydrogens (primary N) is 1. The van der Waals surface area contributed by atoms with E-state index in [1.54, 1.807) is 0 Å². The van der Waals surface area contributed by atoms with E-state index in [1.807, 2.05) is 0 Å². The molecule has 2 aliphatic rings. The van der Waals surface area contributed by atoms with E-state index in [2.05, 4.69) is 13.8 Å². The number of rotatable bonds is 0. The third-order valence-electron chi connectivity index (χ3n) is 3.07. The molecule has 2 N–H and O–H groups in total. The summed E-state index contributed by atoms with van der Waals surface area (Å²) in [6, 6.07) is 0.270. The highest BCUT2D eigenvalue weighted by atomic mass is 16.5. The van der Waals surface area contributed by atoms with Gasteiger partial charge in [0.05, 0.1) is 11.2 Å². The van der Waals surface area contributed by atoms with Crippen LogP contribution in [-0.4, -0.2) is 17.2 Å². The van der Waals surface area contributed by atoms with Gasteiger partial charge in [0, 0.05) is 6.04 Å². The van der Waals surface area contributed by atoms with Crippen molar-refractivity contribution in [1.29, 1.82) is 0 Å². The zero-order valence-corrected chi connectivity index (χ0v) is 6.68. The van der Waals surface area contributed by atoms with E-state index in [-0.39, 0.29) is 17.2 Å². The normalized spacial score (nSPS) is 59.7. The summed E-state index contributed by atoms with van der Waals surface area (Å²) < 4.78 is 5.83. The Hall–Kier alpha value is -0.0800. The first kappa shape index (κ1) is 6.62. The third kappa shape index (κ3) is 0.663. The number of fused-ring (bicyclic) bond motifs is 2. The van der Waals surface area contributed by atoms with Crippen molar-refractivity contribution < 1.29 is 4.74 Å². The van der Waals surface area contributed by atoms with Gasteiger partial charge in [-0.3, -0.25) is 0 Å². The van der Waals surface area contributed by atoms with Crippen LogP contribution in [0.2, 0.25) is 0 Å². The molecule has 0 aromatic heterocycles. The summed E-state index contributed by atoms with van der Waals surface area (Å²) in [5.41, 5.74) is 6.04. The smallest absolute Gasteiger partial charge is 0.0814 e. The van der Waals surface area contributed by atoms with Crippen LogP contribution in [0.3, 0.4) is 0 Å². The minimum absolute atomic E-state index is 0.00868. The van der Waals surface area contributed by atoms with Gasteiger partial charge in [0.1, 0.15) is 0 Å². The van der Waals surface area contributed by atoms with Gasteiger partial charge < -0.3 is 10.5 Å². The Morgan fingerprint density at radius 2 is 2.10 bits per heavy atom. The summed E-state index contributed by atoms with van der Waals surface area (Å²) in [5, 5.41) is 0. The Morgan fingerprint density at radius 3 is 2.30 bits per heavy atom. The van der Waals surface area contributed by atoms with Crippen LogP contribution in [0.4, 0.5) is 0 Å². The molecule has 0 aliphatic carbocycles. The van der Waals surface area contributed by atoms with Crippen molar-refractivity contribution in [2.75, 3.05) is 0 Å². The Kier molecular flexibility index (Phi) is 1.03. The lowest BCUT2D eigenvalue weighted by Gasteiger charge is -2.25. The zero-order valence-electron chi connectivity index (χ0n) is 6.68. The Labute approximate surface area is 61.7 Å². The predicted octanol–water partition coefficient (Wildman–Crippen LogP) is 1.05. The monoisotopic (exact) mass is 141 g/mol. The Bertz CT molecular complexity index is 171. The highest BCUT2D eigenvalue weighted by Gasteiger charge is 2.55. The van der Waals surface area contributed by atoms with Crippen LogP contribution < -0.4 is 5.73 Å². The predicted molar refractivity (Wildman–Crippen MR) is 39.7 cm³/mol. The van der Waals surface area contributed by atoms with Crippen LogP contribution in [-0.2, 0) is 4.74 Å². The summed E-state index contributed by atoms with van der Waals surface area (Å²) in [5.74, 6) is 0. The second-order valence-electron chi connectivity index (χ2n) is 4.18. The molecule has 0 aromatic rings. The molecule has 0 saturated carbocycles. The molecule has 2 nitrogen and oxygen atoms in total. The second kappa shape index (κ2) is 1.56. The molecule has 2 heteroatoms. The summed E-state index contributed by atoms with van der Waals surface area (Å²) in [6.07, 6.45) is 3.38. The maximum atomic E-state index is 5.91. The highest BCUT2D eigenvalue weighted by molar-refractivity contribution is 5.07. The average Bonchev–Trinajstić information content (AvgIpc) is 2.17. The minimum atomic E-state index is 0.00868. The first-order valence-electron chi connectivity index (χ1n) is 4.00. The van der Waals surface area contributed by atoms with Crippen LogP contribution in [0.5, 0.6) is 0 Å². The fourth-order valence-electron chi connectivity index (χ4n) is 2.26. The molecule has 2 saturated heterocycles. The Morgan fingerprint density at radius 1 is 1.40 bits per heavy atom. The zero-order chi connectivity index (χ0) is 7.41. The molecular formula is C8H15NO. The van der Waals surface area contributed by atoms with Crippen molar-refractivity contribution in [2.45, 2.75) is 50.4 Å². The quantitative estimate of drug-likeness (QED) is 0.547. The van der Waals surface area contributed by atoms with Crippen LogP contribution >= 0.6 is 0 Å². The molecule has 2 heterocycles. The summed E-state index contributed by atoms with van der Waals surface area (Å²) in [4.78, 5) is 0.